The normalized spacial score (nSPS) is 18.9. The lowest BCUT2D eigenvalue weighted by Gasteiger charge is -2.30. The number of amides is 2. The van der Waals surface area contributed by atoms with Gasteiger partial charge in [-0.3, -0.25) is 14.3 Å². The molecule has 0 saturated heterocycles. The molecule has 7 heteroatoms. The van der Waals surface area contributed by atoms with E-state index in [1.807, 2.05) is 22.6 Å². The topological polar surface area (TPSA) is 76.5 Å². The van der Waals surface area contributed by atoms with Gasteiger partial charge in [0.05, 0.1) is 24.5 Å². The van der Waals surface area contributed by atoms with Crippen molar-refractivity contribution < 1.29 is 14.3 Å². The van der Waals surface area contributed by atoms with E-state index in [1.54, 1.807) is 7.11 Å². The third-order valence-electron chi connectivity index (χ3n) is 5.22. The van der Waals surface area contributed by atoms with Crippen LogP contribution in [0.25, 0.3) is 0 Å². The Balaban J connectivity index is 1.61. The molecule has 1 aromatic rings. The summed E-state index contributed by atoms with van der Waals surface area (Å²) in [5.74, 6) is 0.407. The molecule has 0 spiro atoms. The van der Waals surface area contributed by atoms with E-state index in [9.17, 15) is 9.59 Å². The zero-order valence-electron chi connectivity index (χ0n) is 15.2. The minimum atomic E-state index is -0.420. The van der Waals surface area contributed by atoms with Gasteiger partial charge in [0.25, 0.3) is 0 Å². The van der Waals surface area contributed by atoms with Gasteiger partial charge in [0.1, 0.15) is 6.10 Å². The second-order valence-corrected chi connectivity index (χ2v) is 6.94. The van der Waals surface area contributed by atoms with Crippen molar-refractivity contribution in [1.29, 1.82) is 0 Å². The number of ether oxygens (including phenoxy) is 1. The van der Waals surface area contributed by atoms with E-state index in [1.165, 1.54) is 6.42 Å². The van der Waals surface area contributed by atoms with Crippen LogP contribution in [0.3, 0.4) is 0 Å². The molecule has 0 aromatic carbocycles. The minimum Gasteiger partial charge on any atom is -0.372 e. The fourth-order valence-corrected chi connectivity index (χ4v) is 3.46. The van der Waals surface area contributed by atoms with Crippen molar-refractivity contribution >= 4 is 11.8 Å². The smallest absolute Gasteiger partial charge is 0.249 e. The molecule has 1 aliphatic heterocycles. The van der Waals surface area contributed by atoms with Crippen LogP contribution < -0.4 is 5.32 Å². The van der Waals surface area contributed by atoms with E-state index in [4.69, 9.17) is 4.74 Å². The fraction of sp³-hybridized carbons (Fsp3) is 0.722. The third kappa shape index (κ3) is 4.03. The standard InChI is InChI=1S/C18H28N4O3/c1-3-16(25-2)17(23)19-11-14-10-15-12-21(8-5-9-22(15)20-14)18(24)13-6-4-7-13/h10,13,16H,3-9,11-12H2,1-2H3,(H,19,23). The molecule has 1 N–H and O–H groups in total. The molecule has 2 amide bonds. The van der Waals surface area contributed by atoms with Crippen LogP contribution in [-0.4, -0.2) is 46.3 Å². The maximum atomic E-state index is 12.5. The van der Waals surface area contributed by atoms with Crippen molar-refractivity contribution in [3.8, 4) is 0 Å². The summed E-state index contributed by atoms with van der Waals surface area (Å²) in [5.41, 5.74) is 1.88. The maximum Gasteiger partial charge on any atom is 0.249 e. The van der Waals surface area contributed by atoms with Gasteiger partial charge in [-0.1, -0.05) is 13.3 Å². The molecule has 2 heterocycles. The Kier molecular flexibility index (Phi) is 5.73. The number of methoxy groups -OCH3 is 1. The Labute approximate surface area is 148 Å². The van der Waals surface area contributed by atoms with E-state index >= 15 is 0 Å². The molecular formula is C18H28N4O3. The molecule has 3 rings (SSSR count). The molecule has 7 nitrogen and oxygen atoms in total. The lowest BCUT2D eigenvalue weighted by molar-refractivity contribution is -0.138. The molecule has 1 atom stereocenters. The van der Waals surface area contributed by atoms with Crippen LogP contribution in [0.4, 0.5) is 0 Å². The highest BCUT2D eigenvalue weighted by molar-refractivity contribution is 5.80. The number of carbonyl (C=O) groups is 2. The van der Waals surface area contributed by atoms with E-state index in [2.05, 4.69) is 10.4 Å². The van der Waals surface area contributed by atoms with Gasteiger partial charge in [-0.05, 0) is 31.7 Å². The number of aryl methyl sites for hydroxylation is 1. The lowest BCUT2D eigenvalue weighted by Crippen LogP contribution is -2.38. The van der Waals surface area contributed by atoms with Crippen LogP contribution >= 0.6 is 0 Å². The Morgan fingerprint density at radius 1 is 1.36 bits per heavy atom. The summed E-state index contributed by atoms with van der Waals surface area (Å²) in [5, 5.41) is 7.47. The Morgan fingerprint density at radius 3 is 2.80 bits per heavy atom. The molecular weight excluding hydrogens is 320 g/mol. The van der Waals surface area contributed by atoms with Crippen LogP contribution in [0.2, 0.25) is 0 Å². The SMILES string of the molecule is CCC(OC)C(=O)NCc1cc2n(n1)CCCN(C(=O)C1CCC1)C2. The number of hydrogen-bond acceptors (Lipinski definition) is 4. The second kappa shape index (κ2) is 7.99. The third-order valence-corrected chi connectivity index (χ3v) is 5.22. The summed E-state index contributed by atoms with van der Waals surface area (Å²) < 4.78 is 7.12. The number of nitrogens with zero attached hydrogens (tertiary/aromatic N) is 3. The zero-order chi connectivity index (χ0) is 17.8. The van der Waals surface area contributed by atoms with Gasteiger partial charge in [-0.15, -0.1) is 0 Å². The first kappa shape index (κ1) is 17.9. The summed E-state index contributed by atoms with van der Waals surface area (Å²) in [6.45, 7) is 4.53. The van der Waals surface area contributed by atoms with E-state index in [0.717, 1.165) is 43.7 Å². The summed E-state index contributed by atoms with van der Waals surface area (Å²) in [6, 6.07) is 2.00. The van der Waals surface area contributed by atoms with Gasteiger partial charge in [0.2, 0.25) is 11.8 Å². The average molecular weight is 348 g/mol. The molecule has 1 saturated carbocycles. The molecule has 0 radical (unpaired) electrons. The number of carbonyl (C=O) groups excluding carboxylic acids is 2. The molecule has 1 aliphatic carbocycles. The second-order valence-electron chi connectivity index (χ2n) is 6.94. The summed E-state index contributed by atoms with van der Waals surface area (Å²) in [4.78, 5) is 26.5. The first-order valence-corrected chi connectivity index (χ1v) is 9.27. The van der Waals surface area contributed by atoms with Crippen LogP contribution in [0.5, 0.6) is 0 Å². The monoisotopic (exact) mass is 348 g/mol. The fourth-order valence-electron chi connectivity index (χ4n) is 3.46. The van der Waals surface area contributed by atoms with Gasteiger partial charge in [0, 0.05) is 26.1 Å². The van der Waals surface area contributed by atoms with Gasteiger partial charge in [-0.25, -0.2) is 0 Å². The zero-order valence-corrected chi connectivity index (χ0v) is 15.2. The number of fused-ring (bicyclic) bond motifs is 1. The average Bonchev–Trinajstić information content (AvgIpc) is 2.82. The van der Waals surface area contributed by atoms with Gasteiger partial charge < -0.3 is 15.0 Å². The Morgan fingerprint density at radius 2 is 2.16 bits per heavy atom. The van der Waals surface area contributed by atoms with E-state index in [-0.39, 0.29) is 11.8 Å². The molecule has 2 aliphatic rings. The van der Waals surface area contributed by atoms with Crippen molar-refractivity contribution in [1.82, 2.24) is 20.0 Å². The predicted octanol–water partition coefficient (Wildman–Crippen LogP) is 1.46. The molecule has 25 heavy (non-hydrogen) atoms. The van der Waals surface area contributed by atoms with Crippen molar-refractivity contribution in [2.45, 2.75) is 64.8 Å². The summed E-state index contributed by atoms with van der Waals surface area (Å²) in [7, 11) is 1.54. The largest absolute Gasteiger partial charge is 0.372 e. The van der Waals surface area contributed by atoms with Gasteiger partial charge in [0.15, 0.2) is 0 Å². The van der Waals surface area contributed by atoms with Crippen LogP contribution in [0.1, 0.15) is 50.4 Å². The van der Waals surface area contributed by atoms with Gasteiger partial charge >= 0.3 is 0 Å². The molecule has 1 fully saturated rings. The van der Waals surface area contributed by atoms with Crippen LogP contribution in [-0.2, 0) is 34.0 Å². The van der Waals surface area contributed by atoms with Crippen molar-refractivity contribution in [2.75, 3.05) is 13.7 Å². The Bertz CT molecular complexity index is 620. The number of aromatic nitrogens is 2. The predicted molar refractivity (Wildman–Crippen MR) is 92.5 cm³/mol. The van der Waals surface area contributed by atoms with Gasteiger partial charge in [-0.2, -0.15) is 5.10 Å². The van der Waals surface area contributed by atoms with Crippen LogP contribution in [0.15, 0.2) is 6.07 Å². The Hall–Kier alpha value is -1.89. The molecule has 138 valence electrons. The van der Waals surface area contributed by atoms with Crippen molar-refractivity contribution in [2.24, 2.45) is 5.92 Å². The van der Waals surface area contributed by atoms with Crippen molar-refractivity contribution in [3.63, 3.8) is 0 Å². The highest BCUT2D eigenvalue weighted by atomic mass is 16.5. The number of rotatable bonds is 6. The summed E-state index contributed by atoms with van der Waals surface area (Å²) in [6.07, 6.45) is 4.37. The molecule has 1 unspecified atom stereocenters. The lowest BCUT2D eigenvalue weighted by atomic mass is 9.84. The van der Waals surface area contributed by atoms with E-state index < -0.39 is 6.10 Å². The first-order chi connectivity index (χ1) is 12.1. The van der Waals surface area contributed by atoms with Crippen molar-refractivity contribution in [3.05, 3.63) is 17.5 Å². The van der Waals surface area contributed by atoms with Crippen LogP contribution in [0, 0.1) is 5.92 Å². The number of nitrogens with one attached hydrogen (secondary N) is 1. The first-order valence-electron chi connectivity index (χ1n) is 9.27. The molecule has 0 bridgehead atoms. The van der Waals surface area contributed by atoms with E-state index in [0.29, 0.717) is 25.4 Å². The summed E-state index contributed by atoms with van der Waals surface area (Å²) >= 11 is 0. The minimum absolute atomic E-state index is 0.116. The molecule has 1 aromatic heterocycles. The highest BCUT2D eigenvalue weighted by Crippen LogP contribution is 2.29. The quantitative estimate of drug-likeness (QED) is 0.844. The highest BCUT2D eigenvalue weighted by Gasteiger charge is 2.30. The maximum absolute atomic E-state index is 12.5. The number of hydrogen-bond donors (Lipinski definition) is 1.